The summed E-state index contributed by atoms with van der Waals surface area (Å²) in [5.74, 6) is 0.346. The maximum Gasteiger partial charge on any atom is 0.243 e. The maximum atomic E-state index is 12.8. The summed E-state index contributed by atoms with van der Waals surface area (Å²) in [6.45, 7) is 6.13. The lowest BCUT2D eigenvalue weighted by Gasteiger charge is -2.20. The normalized spacial score (nSPS) is 11.3. The highest BCUT2D eigenvalue weighted by molar-refractivity contribution is 7.89. The molecule has 0 aromatic heterocycles. The Morgan fingerprint density at radius 2 is 1.79 bits per heavy atom. The van der Waals surface area contributed by atoms with E-state index in [1.54, 1.807) is 46.1 Å². The second-order valence-electron chi connectivity index (χ2n) is 6.17. The molecule has 2 aromatic rings. The van der Waals surface area contributed by atoms with Gasteiger partial charge in [-0.05, 0) is 36.8 Å². The van der Waals surface area contributed by atoms with Gasteiger partial charge in [0.25, 0.3) is 0 Å². The first-order chi connectivity index (χ1) is 13.3. The van der Waals surface area contributed by atoms with Crippen LogP contribution >= 0.6 is 0 Å². The fourth-order valence-corrected chi connectivity index (χ4v) is 4.54. The van der Waals surface area contributed by atoms with Gasteiger partial charge in [0.15, 0.2) is 0 Å². The second-order valence-corrected chi connectivity index (χ2v) is 8.08. The van der Waals surface area contributed by atoms with Gasteiger partial charge in [0.1, 0.15) is 5.75 Å². The summed E-state index contributed by atoms with van der Waals surface area (Å²) in [6, 6.07) is 12.2. The zero-order valence-electron chi connectivity index (χ0n) is 16.7. The zero-order chi connectivity index (χ0) is 20.7. The van der Waals surface area contributed by atoms with Crippen LogP contribution in [-0.2, 0) is 14.8 Å². The molecule has 0 aliphatic heterocycles. The largest absolute Gasteiger partial charge is 0.495 e. The molecule has 0 saturated heterocycles. The van der Waals surface area contributed by atoms with Crippen molar-refractivity contribution in [2.75, 3.05) is 37.4 Å². The van der Waals surface area contributed by atoms with Gasteiger partial charge < -0.3 is 15.4 Å². The molecule has 0 fully saturated rings. The molecule has 28 heavy (non-hydrogen) atoms. The molecule has 0 spiro atoms. The summed E-state index contributed by atoms with van der Waals surface area (Å²) in [5.41, 5.74) is 1.77. The molecular formula is C20H27N3O4S. The number of carbonyl (C=O) groups excluding carboxylic acids is 1. The van der Waals surface area contributed by atoms with Crippen LogP contribution in [0.3, 0.4) is 0 Å². The molecule has 152 valence electrons. The number of nitrogens with one attached hydrogen (secondary N) is 2. The molecule has 7 nitrogen and oxygen atoms in total. The lowest BCUT2D eigenvalue weighted by atomic mass is 10.2. The molecule has 0 bridgehead atoms. The minimum Gasteiger partial charge on any atom is -0.495 e. The van der Waals surface area contributed by atoms with Gasteiger partial charge in [-0.25, -0.2) is 8.42 Å². The van der Waals surface area contributed by atoms with Crippen LogP contribution < -0.4 is 15.4 Å². The zero-order valence-corrected chi connectivity index (χ0v) is 17.5. The van der Waals surface area contributed by atoms with Gasteiger partial charge in [0.05, 0.1) is 24.2 Å². The summed E-state index contributed by atoms with van der Waals surface area (Å²) in [5, 5.41) is 5.75. The fourth-order valence-electron chi connectivity index (χ4n) is 2.83. The number of benzene rings is 2. The van der Waals surface area contributed by atoms with Crippen LogP contribution in [0, 0.1) is 6.92 Å². The van der Waals surface area contributed by atoms with E-state index in [4.69, 9.17) is 4.74 Å². The highest BCUT2D eigenvalue weighted by atomic mass is 32.2. The first-order valence-corrected chi connectivity index (χ1v) is 10.5. The van der Waals surface area contributed by atoms with Gasteiger partial charge in [-0.3, -0.25) is 4.79 Å². The van der Waals surface area contributed by atoms with Crippen molar-refractivity contribution >= 4 is 27.3 Å². The Balaban J connectivity index is 2.13. The number of nitrogens with zero attached hydrogens (tertiary/aromatic N) is 1. The summed E-state index contributed by atoms with van der Waals surface area (Å²) < 4.78 is 32.3. The maximum absolute atomic E-state index is 12.8. The third kappa shape index (κ3) is 5.02. The van der Waals surface area contributed by atoms with E-state index in [1.807, 2.05) is 18.2 Å². The Bertz CT molecular complexity index is 925. The van der Waals surface area contributed by atoms with E-state index in [0.717, 1.165) is 0 Å². The molecule has 0 unspecified atom stereocenters. The fraction of sp³-hybridized carbons (Fsp3) is 0.350. The topological polar surface area (TPSA) is 87.7 Å². The third-order valence-electron chi connectivity index (χ3n) is 4.34. The number of sulfonamides is 1. The second kappa shape index (κ2) is 9.57. The molecule has 0 heterocycles. The van der Waals surface area contributed by atoms with E-state index >= 15 is 0 Å². The highest BCUT2D eigenvalue weighted by Gasteiger charge is 2.24. The average Bonchev–Trinajstić information content (AvgIpc) is 2.68. The van der Waals surface area contributed by atoms with Crippen LogP contribution in [-0.4, -0.2) is 45.4 Å². The summed E-state index contributed by atoms with van der Waals surface area (Å²) in [7, 11) is -2.04. The number of ether oxygens (including phenoxy) is 1. The van der Waals surface area contributed by atoms with Gasteiger partial charge >= 0.3 is 0 Å². The minimum atomic E-state index is -3.60. The van der Waals surface area contributed by atoms with Crippen molar-refractivity contribution in [1.82, 2.24) is 4.31 Å². The van der Waals surface area contributed by atoms with E-state index in [-0.39, 0.29) is 17.3 Å². The van der Waals surface area contributed by atoms with Crippen LogP contribution in [0.15, 0.2) is 47.4 Å². The Hall–Kier alpha value is -2.58. The Kier molecular flexibility index (Phi) is 7.42. The molecule has 2 rings (SSSR count). The number of hydrogen-bond acceptors (Lipinski definition) is 5. The van der Waals surface area contributed by atoms with Crippen molar-refractivity contribution in [3.63, 3.8) is 0 Å². The predicted molar refractivity (Wildman–Crippen MR) is 111 cm³/mol. The van der Waals surface area contributed by atoms with Crippen molar-refractivity contribution in [3.05, 3.63) is 48.0 Å². The number of para-hydroxylation sites is 2. The average molecular weight is 406 g/mol. The Labute approximate surface area is 166 Å². The number of carbonyl (C=O) groups is 1. The summed E-state index contributed by atoms with van der Waals surface area (Å²) in [4.78, 5) is 12.5. The van der Waals surface area contributed by atoms with Crippen molar-refractivity contribution in [1.29, 1.82) is 0 Å². The number of amides is 1. The SMILES string of the molecule is CCN(CC)S(=O)(=O)c1cc(NC(=O)CNc2ccccc2OC)ccc1C. The Morgan fingerprint density at radius 3 is 2.43 bits per heavy atom. The molecule has 0 atom stereocenters. The molecule has 8 heteroatoms. The number of hydrogen-bond donors (Lipinski definition) is 2. The van der Waals surface area contributed by atoms with Crippen LogP contribution in [0.4, 0.5) is 11.4 Å². The summed E-state index contributed by atoms with van der Waals surface area (Å²) in [6.07, 6.45) is 0. The lowest BCUT2D eigenvalue weighted by molar-refractivity contribution is -0.114. The quantitative estimate of drug-likeness (QED) is 0.669. The van der Waals surface area contributed by atoms with Crippen LogP contribution in [0.5, 0.6) is 5.75 Å². The van der Waals surface area contributed by atoms with Gasteiger partial charge in [0, 0.05) is 18.8 Å². The molecule has 0 aliphatic carbocycles. The van der Waals surface area contributed by atoms with E-state index in [1.165, 1.54) is 10.4 Å². The standard InChI is InChI=1S/C20H27N3O4S/c1-5-23(6-2)28(25,26)19-13-16(12-11-15(19)3)22-20(24)14-21-17-9-7-8-10-18(17)27-4/h7-13,21H,5-6,14H2,1-4H3,(H,22,24). The first kappa shape index (κ1) is 21.7. The van der Waals surface area contributed by atoms with Crippen LogP contribution in [0.25, 0.3) is 0 Å². The Morgan fingerprint density at radius 1 is 1.11 bits per heavy atom. The molecule has 0 aliphatic rings. The number of rotatable bonds is 9. The molecule has 0 radical (unpaired) electrons. The molecular weight excluding hydrogens is 378 g/mol. The summed E-state index contributed by atoms with van der Waals surface area (Å²) >= 11 is 0. The van der Waals surface area contributed by atoms with E-state index < -0.39 is 10.0 Å². The lowest BCUT2D eigenvalue weighted by Crippen LogP contribution is -2.31. The molecule has 2 N–H and O–H groups in total. The van der Waals surface area contributed by atoms with Crippen molar-refractivity contribution in [3.8, 4) is 5.75 Å². The van der Waals surface area contributed by atoms with Crippen LogP contribution in [0.2, 0.25) is 0 Å². The van der Waals surface area contributed by atoms with Crippen molar-refractivity contribution < 1.29 is 17.9 Å². The molecule has 1 amide bonds. The third-order valence-corrected chi connectivity index (χ3v) is 6.53. The predicted octanol–water partition coefficient (Wildman–Crippen LogP) is 3.08. The van der Waals surface area contributed by atoms with Gasteiger partial charge in [0.2, 0.25) is 15.9 Å². The molecule has 2 aromatic carbocycles. The monoisotopic (exact) mass is 405 g/mol. The van der Waals surface area contributed by atoms with Gasteiger partial charge in [-0.2, -0.15) is 4.31 Å². The van der Waals surface area contributed by atoms with Crippen molar-refractivity contribution in [2.24, 2.45) is 0 Å². The first-order valence-electron chi connectivity index (χ1n) is 9.11. The van der Waals surface area contributed by atoms with E-state index in [0.29, 0.717) is 35.8 Å². The number of aryl methyl sites for hydroxylation is 1. The van der Waals surface area contributed by atoms with Crippen molar-refractivity contribution in [2.45, 2.75) is 25.7 Å². The van der Waals surface area contributed by atoms with E-state index in [2.05, 4.69) is 10.6 Å². The minimum absolute atomic E-state index is 0.0202. The van der Waals surface area contributed by atoms with Gasteiger partial charge in [-0.15, -0.1) is 0 Å². The smallest absolute Gasteiger partial charge is 0.243 e. The highest BCUT2D eigenvalue weighted by Crippen LogP contribution is 2.24. The number of methoxy groups -OCH3 is 1. The van der Waals surface area contributed by atoms with Gasteiger partial charge in [-0.1, -0.05) is 32.0 Å². The number of anilines is 2. The van der Waals surface area contributed by atoms with Crippen LogP contribution in [0.1, 0.15) is 19.4 Å². The van der Waals surface area contributed by atoms with E-state index in [9.17, 15) is 13.2 Å². The molecule has 0 saturated carbocycles.